The van der Waals surface area contributed by atoms with Crippen molar-refractivity contribution in [1.29, 1.82) is 0 Å². The number of fused-ring (bicyclic) bond motifs is 3. The summed E-state index contributed by atoms with van der Waals surface area (Å²) >= 11 is 0. The van der Waals surface area contributed by atoms with Crippen LogP contribution in [0.3, 0.4) is 0 Å². The van der Waals surface area contributed by atoms with Crippen LogP contribution in [0.2, 0.25) is 0 Å². The van der Waals surface area contributed by atoms with Crippen LogP contribution >= 0.6 is 0 Å². The van der Waals surface area contributed by atoms with Crippen LogP contribution in [-0.4, -0.2) is 30.1 Å². The van der Waals surface area contributed by atoms with Crippen LogP contribution < -0.4 is 0 Å². The van der Waals surface area contributed by atoms with E-state index in [9.17, 15) is 10.2 Å². The van der Waals surface area contributed by atoms with E-state index in [1.54, 1.807) is 36.7 Å². The average Bonchev–Trinajstić information content (AvgIpc) is 2.82. The molecular weight excluding hydrogens is 448 g/mol. The number of hydrogen-bond acceptors (Lipinski definition) is 6. The molecule has 0 bridgehead atoms. The van der Waals surface area contributed by atoms with E-state index in [0.29, 0.717) is 22.8 Å². The summed E-state index contributed by atoms with van der Waals surface area (Å²) in [5.41, 5.74) is 5.25. The summed E-state index contributed by atoms with van der Waals surface area (Å²) < 4.78 is 0. The van der Waals surface area contributed by atoms with E-state index in [4.69, 9.17) is 9.97 Å². The smallest absolute Gasteiger partial charge is 0.143 e. The Bertz CT molecular complexity index is 1510. The lowest BCUT2D eigenvalue weighted by Gasteiger charge is -2.25. The van der Waals surface area contributed by atoms with Gasteiger partial charge in [0, 0.05) is 23.2 Å². The molecule has 4 heterocycles. The second kappa shape index (κ2) is 8.26. The third-order valence-electron chi connectivity index (χ3n) is 6.43. The number of aromatic hydroxyl groups is 2. The van der Waals surface area contributed by atoms with E-state index < -0.39 is 0 Å². The number of benzene rings is 1. The molecule has 5 rings (SSSR count). The predicted octanol–water partition coefficient (Wildman–Crippen LogP) is 6.91. The van der Waals surface area contributed by atoms with Gasteiger partial charge in [-0.05, 0) is 58.4 Å². The van der Waals surface area contributed by atoms with E-state index in [0.717, 1.165) is 32.9 Å². The van der Waals surface area contributed by atoms with Crippen molar-refractivity contribution in [1.82, 2.24) is 19.9 Å². The second-order valence-electron chi connectivity index (χ2n) is 11.2. The summed E-state index contributed by atoms with van der Waals surface area (Å²) in [6.07, 6.45) is 3.30. The van der Waals surface area contributed by atoms with Gasteiger partial charge in [-0.25, -0.2) is 9.97 Å². The minimum Gasteiger partial charge on any atom is -0.506 e. The highest BCUT2D eigenvalue weighted by molar-refractivity contribution is 6.07. The molecule has 0 atom stereocenters. The predicted molar refractivity (Wildman–Crippen MR) is 144 cm³/mol. The lowest BCUT2D eigenvalue weighted by molar-refractivity contribution is 0.474. The van der Waals surface area contributed by atoms with E-state index in [1.165, 1.54) is 0 Å². The van der Waals surface area contributed by atoms with Crippen LogP contribution in [0, 0.1) is 0 Å². The SMILES string of the molecule is CC(C)(C)c1cc(-c2ncccc2O)nc2c1ccc1c(C(C)(C)C)cc(-c3ncccc3O)nc12. The molecule has 0 spiro atoms. The lowest BCUT2D eigenvalue weighted by atomic mass is 9.81. The molecular formula is C30H30N4O2. The number of nitrogens with zero attached hydrogens (tertiary/aromatic N) is 4. The summed E-state index contributed by atoms with van der Waals surface area (Å²) in [5.74, 6) is 0.152. The minimum absolute atomic E-state index is 0.0758. The highest BCUT2D eigenvalue weighted by Crippen LogP contribution is 2.40. The molecule has 0 aliphatic heterocycles. The van der Waals surface area contributed by atoms with Crippen LogP contribution in [0.4, 0.5) is 0 Å². The monoisotopic (exact) mass is 478 g/mol. The Labute approximate surface area is 210 Å². The Kier molecular flexibility index (Phi) is 5.43. The quantitative estimate of drug-likeness (QED) is 0.268. The van der Waals surface area contributed by atoms with Crippen molar-refractivity contribution in [2.75, 3.05) is 0 Å². The maximum atomic E-state index is 10.6. The van der Waals surface area contributed by atoms with Gasteiger partial charge in [0.15, 0.2) is 0 Å². The van der Waals surface area contributed by atoms with Crippen LogP contribution in [0.25, 0.3) is 44.6 Å². The van der Waals surface area contributed by atoms with Crippen LogP contribution in [0.15, 0.2) is 60.9 Å². The molecule has 2 N–H and O–H groups in total. The van der Waals surface area contributed by atoms with Crippen molar-refractivity contribution in [3.05, 3.63) is 72.1 Å². The van der Waals surface area contributed by atoms with Crippen molar-refractivity contribution in [2.24, 2.45) is 0 Å². The van der Waals surface area contributed by atoms with E-state index >= 15 is 0 Å². The Hall–Kier alpha value is -4.06. The largest absolute Gasteiger partial charge is 0.506 e. The standard InChI is InChI=1S/C30H30N4O2/c1-29(2,3)19-15-21(27-23(35)9-7-13-31-27)33-25-17(19)11-12-18-20(30(4,5)6)16-22(34-26(18)25)28-24(36)10-8-14-32-28/h7-16,35-36H,1-6H3. The van der Waals surface area contributed by atoms with Crippen molar-refractivity contribution >= 4 is 21.8 Å². The molecule has 4 aromatic heterocycles. The maximum Gasteiger partial charge on any atom is 0.143 e. The maximum absolute atomic E-state index is 10.6. The van der Waals surface area contributed by atoms with Crippen molar-refractivity contribution in [2.45, 2.75) is 52.4 Å². The molecule has 0 saturated carbocycles. The fourth-order valence-electron chi connectivity index (χ4n) is 4.65. The molecule has 6 heteroatoms. The van der Waals surface area contributed by atoms with Gasteiger partial charge in [-0.1, -0.05) is 53.7 Å². The normalized spacial score (nSPS) is 12.4. The summed E-state index contributed by atoms with van der Waals surface area (Å²) in [7, 11) is 0. The van der Waals surface area contributed by atoms with Gasteiger partial charge in [-0.2, -0.15) is 0 Å². The number of hydrogen-bond donors (Lipinski definition) is 2. The third kappa shape index (κ3) is 4.02. The van der Waals surface area contributed by atoms with Gasteiger partial charge in [-0.15, -0.1) is 0 Å². The van der Waals surface area contributed by atoms with Gasteiger partial charge in [0.05, 0.1) is 22.4 Å². The molecule has 0 amide bonds. The van der Waals surface area contributed by atoms with Gasteiger partial charge < -0.3 is 10.2 Å². The van der Waals surface area contributed by atoms with E-state index in [2.05, 4.69) is 63.6 Å². The van der Waals surface area contributed by atoms with Gasteiger partial charge in [-0.3, -0.25) is 9.97 Å². The molecule has 0 aliphatic carbocycles. The van der Waals surface area contributed by atoms with Gasteiger partial charge >= 0.3 is 0 Å². The van der Waals surface area contributed by atoms with Gasteiger partial charge in [0.25, 0.3) is 0 Å². The van der Waals surface area contributed by atoms with Gasteiger partial charge in [0.1, 0.15) is 22.9 Å². The van der Waals surface area contributed by atoms with Crippen LogP contribution in [0.5, 0.6) is 11.5 Å². The first kappa shape index (κ1) is 23.7. The Morgan fingerprint density at radius 1 is 0.583 bits per heavy atom. The first-order valence-corrected chi connectivity index (χ1v) is 12.0. The molecule has 5 aromatic rings. The molecule has 0 aliphatic rings. The topological polar surface area (TPSA) is 92.0 Å². The average molecular weight is 479 g/mol. The lowest BCUT2D eigenvalue weighted by Crippen LogP contribution is -2.14. The van der Waals surface area contributed by atoms with Crippen LogP contribution in [0.1, 0.15) is 52.7 Å². The molecule has 0 radical (unpaired) electrons. The van der Waals surface area contributed by atoms with Crippen molar-refractivity contribution in [3.63, 3.8) is 0 Å². The first-order chi connectivity index (χ1) is 16.9. The molecule has 0 saturated heterocycles. The summed E-state index contributed by atoms with van der Waals surface area (Å²) in [4.78, 5) is 18.9. The molecule has 6 nitrogen and oxygen atoms in total. The highest BCUT2D eigenvalue weighted by Gasteiger charge is 2.25. The summed E-state index contributed by atoms with van der Waals surface area (Å²) in [5, 5.41) is 23.1. The number of pyridine rings is 4. The summed E-state index contributed by atoms with van der Waals surface area (Å²) in [6.45, 7) is 12.9. The number of aromatic nitrogens is 4. The van der Waals surface area contributed by atoms with E-state index in [1.807, 2.05) is 12.1 Å². The molecule has 1 aromatic carbocycles. The molecule has 0 unspecified atom stereocenters. The Morgan fingerprint density at radius 2 is 0.972 bits per heavy atom. The molecule has 0 fully saturated rings. The van der Waals surface area contributed by atoms with Crippen LogP contribution in [-0.2, 0) is 10.8 Å². The van der Waals surface area contributed by atoms with Crippen molar-refractivity contribution < 1.29 is 10.2 Å². The summed E-state index contributed by atoms with van der Waals surface area (Å²) in [6, 6.07) is 14.9. The fraction of sp³-hybridized carbons (Fsp3) is 0.267. The Morgan fingerprint density at radius 3 is 1.31 bits per heavy atom. The highest BCUT2D eigenvalue weighted by atomic mass is 16.3. The fourth-order valence-corrected chi connectivity index (χ4v) is 4.65. The third-order valence-corrected chi connectivity index (χ3v) is 6.43. The minimum atomic E-state index is -0.197. The van der Waals surface area contributed by atoms with Gasteiger partial charge in [0.2, 0.25) is 0 Å². The zero-order valence-corrected chi connectivity index (χ0v) is 21.5. The second-order valence-corrected chi connectivity index (χ2v) is 11.2. The molecule has 182 valence electrons. The van der Waals surface area contributed by atoms with Crippen molar-refractivity contribution in [3.8, 4) is 34.3 Å². The zero-order chi connectivity index (χ0) is 25.8. The zero-order valence-electron chi connectivity index (χ0n) is 21.5. The Balaban J connectivity index is 1.96. The number of rotatable bonds is 2. The molecule has 36 heavy (non-hydrogen) atoms. The van der Waals surface area contributed by atoms with E-state index in [-0.39, 0.29) is 22.3 Å². The first-order valence-electron chi connectivity index (χ1n) is 12.0.